The summed E-state index contributed by atoms with van der Waals surface area (Å²) in [6.45, 7) is 4.67. The number of H-pyrrole nitrogens is 1. The Bertz CT molecular complexity index is 786. The first-order valence-corrected chi connectivity index (χ1v) is 9.68. The van der Waals surface area contributed by atoms with Crippen LogP contribution >= 0.6 is 0 Å². The average molecular weight is 390 g/mol. The van der Waals surface area contributed by atoms with Gasteiger partial charge >= 0.3 is 5.97 Å². The van der Waals surface area contributed by atoms with E-state index in [9.17, 15) is 9.59 Å². The fraction of sp³-hybridized carbons (Fsp3) is 0.611. The molecule has 0 saturated carbocycles. The molecule has 152 valence electrons. The summed E-state index contributed by atoms with van der Waals surface area (Å²) in [6, 6.07) is 0. The van der Waals surface area contributed by atoms with Crippen molar-refractivity contribution >= 4 is 11.9 Å². The molecule has 0 aliphatic carbocycles. The molecule has 0 unspecified atom stereocenters. The molecule has 3 rings (SSSR count). The number of aromatic nitrogens is 5. The van der Waals surface area contributed by atoms with Gasteiger partial charge in [0.2, 0.25) is 0 Å². The van der Waals surface area contributed by atoms with E-state index in [0.29, 0.717) is 51.1 Å². The molecular formula is C18H26N6O4. The zero-order valence-electron chi connectivity index (χ0n) is 16.1. The van der Waals surface area contributed by atoms with Crippen LogP contribution in [0.4, 0.5) is 0 Å². The van der Waals surface area contributed by atoms with Gasteiger partial charge in [-0.25, -0.2) is 9.78 Å². The Morgan fingerprint density at radius 2 is 2.21 bits per heavy atom. The van der Waals surface area contributed by atoms with Gasteiger partial charge in [0.25, 0.3) is 11.7 Å². The number of fused-ring (bicyclic) bond motifs is 1. The summed E-state index contributed by atoms with van der Waals surface area (Å²) >= 11 is 0. The number of carbonyl (C=O) groups is 2. The van der Waals surface area contributed by atoms with E-state index in [2.05, 4.69) is 25.6 Å². The third-order valence-electron chi connectivity index (χ3n) is 4.49. The van der Waals surface area contributed by atoms with Crippen LogP contribution in [0.5, 0.6) is 0 Å². The number of aryl methyl sites for hydroxylation is 2. The minimum absolute atomic E-state index is 0.0116. The maximum absolute atomic E-state index is 12.7. The highest BCUT2D eigenvalue weighted by Gasteiger charge is 2.23. The number of nitrogens with one attached hydrogen (secondary N) is 2. The van der Waals surface area contributed by atoms with Gasteiger partial charge in [-0.15, -0.1) is 5.10 Å². The summed E-state index contributed by atoms with van der Waals surface area (Å²) in [4.78, 5) is 28.2. The Morgan fingerprint density at radius 1 is 1.36 bits per heavy atom. The first kappa shape index (κ1) is 20.0. The van der Waals surface area contributed by atoms with Gasteiger partial charge in [-0.1, -0.05) is 6.92 Å². The molecule has 2 N–H and O–H groups in total. The van der Waals surface area contributed by atoms with Crippen LogP contribution in [-0.4, -0.2) is 63.2 Å². The van der Waals surface area contributed by atoms with Crippen molar-refractivity contribution in [2.45, 2.75) is 45.6 Å². The van der Waals surface area contributed by atoms with Crippen molar-refractivity contribution in [3.05, 3.63) is 29.1 Å². The average Bonchev–Trinajstić information content (AvgIpc) is 3.34. The monoisotopic (exact) mass is 390 g/mol. The normalized spacial score (nSPS) is 15.4. The van der Waals surface area contributed by atoms with Crippen LogP contribution in [0, 0.1) is 0 Å². The number of aromatic amines is 1. The molecule has 0 aromatic carbocycles. The largest absolute Gasteiger partial charge is 0.460 e. The summed E-state index contributed by atoms with van der Waals surface area (Å²) in [5.74, 6) is -0.625. The van der Waals surface area contributed by atoms with Crippen molar-refractivity contribution in [1.29, 1.82) is 0 Å². The highest BCUT2D eigenvalue weighted by atomic mass is 16.5. The molecule has 3 heterocycles. The fourth-order valence-corrected chi connectivity index (χ4v) is 3.16. The van der Waals surface area contributed by atoms with Gasteiger partial charge in [-0.2, -0.15) is 5.10 Å². The summed E-state index contributed by atoms with van der Waals surface area (Å²) in [5, 5.41) is 13.8. The molecule has 10 nitrogen and oxygen atoms in total. The van der Waals surface area contributed by atoms with Crippen LogP contribution in [-0.2, 0) is 28.9 Å². The molecule has 10 heteroatoms. The maximum atomic E-state index is 12.7. The molecule has 0 radical (unpaired) electrons. The van der Waals surface area contributed by atoms with Crippen molar-refractivity contribution < 1.29 is 19.1 Å². The molecule has 2 aromatic heterocycles. The van der Waals surface area contributed by atoms with E-state index >= 15 is 0 Å². The first-order chi connectivity index (χ1) is 13.7. The highest BCUT2D eigenvalue weighted by molar-refractivity contribution is 5.96. The topological polar surface area (TPSA) is 124 Å². The van der Waals surface area contributed by atoms with Gasteiger partial charge in [-0.3, -0.25) is 14.6 Å². The Labute approximate surface area is 163 Å². The second-order valence-corrected chi connectivity index (χ2v) is 6.48. The zero-order chi connectivity index (χ0) is 19.8. The predicted octanol–water partition coefficient (Wildman–Crippen LogP) is 0.893. The number of nitrogens with zero attached hydrogens (tertiary/aromatic N) is 4. The number of hydrogen-bond donors (Lipinski definition) is 2. The van der Waals surface area contributed by atoms with E-state index in [4.69, 9.17) is 9.47 Å². The second kappa shape index (κ2) is 9.98. The fourth-order valence-electron chi connectivity index (χ4n) is 3.16. The van der Waals surface area contributed by atoms with E-state index < -0.39 is 5.97 Å². The lowest BCUT2D eigenvalue weighted by atomic mass is 10.1. The van der Waals surface area contributed by atoms with Gasteiger partial charge in [0, 0.05) is 32.7 Å². The molecule has 1 aliphatic rings. The molecule has 28 heavy (non-hydrogen) atoms. The Kier molecular flexibility index (Phi) is 7.12. The third-order valence-corrected chi connectivity index (χ3v) is 4.49. The minimum atomic E-state index is -0.563. The smallest absolute Gasteiger partial charge is 0.378 e. The van der Waals surface area contributed by atoms with E-state index in [1.165, 1.54) is 6.33 Å². The Balaban J connectivity index is 1.66. The zero-order valence-corrected chi connectivity index (χ0v) is 16.1. The molecule has 2 aromatic rings. The first-order valence-electron chi connectivity index (χ1n) is 9.68. The summed E-state index contributed by atoms with van der Waals surface area (Å²) in [7, 11) is 0. The van der Waals surface area contributed by atoms with Crippen LogP contribution < -0.4 is 5.32 Å². The van der Waals surface area contributed by atoms with Crippen LogP contribution in [0.2, 0.25) is 0 Å². The number of esters is 1. The number of hydrogen-bond acceptors (Lipinski definition) is 7. The summed E-state index contributed by atoms with van der Waals surface area (Å²) < 4.78 is 12.6. The van der Waals surface area contributed by atoms with E-state index in [-0.39, 0.29) is 18.3 Å². The van der Waals surface area contributed by atoms with Gasteiger partial charge < -0.3 is 14.8 Å². The SMILES string of the molecule is CCc1nn(CCCOC(=O)c2nc[nH]n2)c2c1C(=O)NCCCOCCC2. The van der Waals surface area contributed by atoms with Crippen LogP contribution in [0.15, 0.2) is 6.33 Å². The Morgan fingerprint density at radius 3 is 3.00 bits per heavy atom. The number of amides is 1. The van der Waals surface area contributed by atoms with Crippen LogP contribution in [0.1, 0.15) is 58.6 Å². The van der Waals surface area contributed by atoms with Gasteiger partial charge in [-0.05, 0) is 25.7 Å². The summed E-state index contributed by atoms with van der Waals surface area (Å²) in [6.07, 6.45) is 4.92. The molecule has 0 atom stereocenters. The van der Waals surface area contributed by atoms with E-state index in [0.717, 1.165) is 24.2 Å². The molecule has 1 amide bonds. The number of ether oxygens (including phenoxy) is 2. The van der Waals surface area contributed by atoms with Crippen molar-refractivity contribution in [1.82, 2.24) is 30.3 Å². The molecule has 1 aliphatic heterocycles. The van der Waals surface area contributed by atoms with Crippen molar-refractivity contribution in [2.75, 3.05) is 26.4 Å². The lowest BCUT2D eigenvalue weighted by Gasteiger charge is -2.09. The van der Waals surface area contributed by atoms with E-state index in [1.54, 1.807) is 0 Å². The van der Waals surface area contributed by atoms with Crippen molar-refractivity contribution in [3.63, 3.8) is 0 Å². The molecule has 0 saturated heterocycles. The van der Waals surface area contributed by atoms with Gasteiger partial charge in [0.15, 0.2) is 0 Å². The maximum Gasteiger partial charge on any atom is 0.378 e. The second-order valence-electron chi connectivity index (χ2n) is 6.48. The lowest BCUT2D eigenvalue weighted by Crippen LogP contribution is -2.26. The third kappa shape index (κ3) is 4.94. The van der Waals surface area contributed by atoms with Crippen LogP contribution in [0.25, 0.3) is 0 Å². The summed E-state index contributed by atoms with van der Waals surface area (Å²) in [5.41, 5.74) is 2.40. The van der Waals surface area contributed by atoms with Crippen LogP contribution in [0.3, 0.4) is 0 Å². The number of rotatable bonds is 6. The highest BCUT2D eigenvalue weighted by Crippen LogP contribution is 2.19. The molecule has 0 spiro atoms. The van der Waals surface area contributed by atoms with Gasteiger partial charge in [0.1, 0.15) is 6.33 Å². The minimum Gasteiger partial charge on any atom is -0.460 e. The van der Waals surface area contributed by atoms with Crippen molar-refractivity contribution in [2.24, 2.45) is 0 Å². The van der Waals surface area contributed by atoms with E-state index in [1.807, 2.05) is 11.6 Å². The molecule has 0 fully saturated rings. The quantitative estimate of drug-likeness (QED) is 0.554. The van der Waals surface area contributed by atoms with Crippen molar-refractivity contribution in [3.8, 4) is 0 Å². The predicted molar refractivity (Wildman–Crippen MR) is 99.0 cm³/mol. The standard InChI is InChI=1S/C18H26N6O4/c1-2-13-15-14(6-3-9-27-10-4-7-19-17(15)25)24(23-13)8-5-11-28-18(26)16-20-12-21-22-16/h12H,2-11H2,1H3,(H,19,25)(H,20,21,22). The molecule has 0 bridgehead atoms. The molecular weight excluding hydrogens is 364 g/mol. The van der Waals surface area contributed by atoms with Gasteiger partial charge in [0.05, 0.1) is 23.6 Å². The lowest BCUT2D eigenvalue weighted by molar-refractivity contribution is 0.0480. The number of carbonyl (C=O) groups excluding carboxylic acids is 2. The Hall–Kier alpha value is -2.75.